The molecule has 20 heavy (non-hydrogen) atoms. The Bertz CT molecular complexity index is 504. The molecule has 3 N–H and O–H groups in total. The zero-order valence-electron chi connectivity index (χ0n) is 9.75. The highest BCUT2D eigenvalue weighted by molar-refractivity contribution is 5.69. The lowest BCUT2D eigenvalue weighted by atomic mass is 10.1. The van der Waals surface area contributed by atoms with Gasteiger partial charge >= 0.3 is 12.3 Å². The summed E-state index contributed by atoms with van der Waals surface area (Å²) in [7, 11) is 0. The van der Waals surface area contributed by atoms with Crippen LogP contribution in [0.2, 0.25) is 0 Å². The minimum Gasteiger partial charge on any atom is -0.481 e. The standard InChI is InChI=1S/C10H9F5N2O3/c11-8(12)5-1-4(2-7(18)19)17-9(6(5)3-16)20-10(13,14)15/h1,8H,2-3,16H2,(H,18,19). The predicted molar refractivity (Wildman–Crippen MR) is 55.1 cm³/mol. The second-order valence-electron chi connectivity index (χ2n) is 3.61. The number of hydrogen-bond donors (Lipinski definition) is 2. The highest BCUT2D eigenvalue weighted by Crippen LogP contribution is 2.32. The van der Waals surface area contributed by atoms with Crippen LogP contribution in [0, 0.1) is 0 Å². The molecule has 112 valence electrons. The number of aromatic nitrogens is 1. The molecule has 0 atom stereocenters. The van der Waals surface area contributed by atoms with Crippen LogP contribution < -0.4 is 10.5 Å². The summed E-state index contributed by atoms with van der Waals surface area (Å²) in [5.41, 5.74) is 3.19. The summed E-state index contributed by atoms with van der Waals surface area (Å²) in [6.45, 7) is -0.661. The van der Waals surface area contributed by atoms with E-state index in [0.717, 1.165) is 0 Å². The van der Waals surface area contributed by atoms with E-state index in [9.17, 15) is 26.7 Å². The molecule has 0 unspecified atom stereocenters. The highest BCUT2D eigenvalue weighted by Gasteiger charge is 2.34. The molecule has 1 heterocycles. The molecule has 0 aliphatic carbocycles. The second kappa shape index (κ2) is 5.99. The molecule has 0 saturated carbocycles. The van der Waals surface area contributed by atoms with Gasteiger partial charge in [-0.15, -0.1) is 13.2 Å². The first-order valence-electron chi connectivity index (χ1n) is 5.12. The third-order valence-corrected chi connectivity index (χ3v) is 2.16. The van der Waals surface area contributed by atoms with E-state index < -0.39 is 54.4 Å². The Kier molecular flexibility index (Phi) is 4.82. The van der Waals surface area contributed by atoms with E-state index in [0.29, 0.717) is 6.07 Å². The second-order valence-corrected chi connectivity index (χ2v) is 3.61. The number of hydrogen-bond acceptors (Lipinski definition) is 4. The van der Waals surface area contributed by atoms with Gasteiger partial charge in [0.05, 0.1) is 12.1 Å². The number of nitrogens with zero attached hydrogens (tertiary/aromatic N) is 1. The SMILES string of the molecule is NCc1c(C(F)F)cc(CC(=O)O)nc1OC(F)(F)F. The molecule has 0 fully saturated rings. The molecular formula is C10H9F5N2O3. The minimum atomic E-state index is -5.15. The molecule has 1 aromatic rings. The van der Waals surface area contributed by atoms with Crippen LogP contribution in [0.1, 0.15) is 23.2 Å². The van der Waals surface area contributed by atoms with Crippen molar-refractivity contribution < 1.29 is 36.6 Å². The Labute approximate surface area is 109 Å². The first-order chi connectivity index (χ1) is 9.14. The van der Waals surface area contributed by atoms with Crippen molar-refractivity contribution in [3.63, 3.8) is 0 Å². The van der Waals surface area contributed by atoms with Crippen LogP contribution in [0.15, 0.2) is 6.07 Å². The summed E-state index contributed by atoms with van der Waals surface area (Å²) < 4.78 is 65.6. The number of pyridine rings is 1. The maximum Gasteiger partial charge on any atom is 0.574 e. The molecule has 0 aromatic carbocycles. The van der Waals surface area contributed by atoms with Gasteiger partial charge in [0.25, 0.3) is 6.43 Å². The van der Waals surface area contributed by atoms with Crippen LogP contribution in [0.5, 0.6) is 5.88 Å². The van der Waals surface area contributed by atoms with E-state index >= 15 is 0 Å². The molecule has 0 bridgehead atoms. The maximum absolute atomic E-state index is 12.8. The van der Waals surface area contributed by atoms with Crippen molar-refractivity contribution in [3.05, 3.63) is 22.9 Å². The van der Waals surface area contributed by atoms with Crippen LogP contribution in [0.25, 0.3) is 0 Å². The Morgan fingerprint density at radius 3 is 2.45 bits per heavy atom. The fourth-order valence-electron chi connectivity index (χ4n) is 1.46. The zero-order chi connectivity index (χ0) is 15.5. The van der Waals surface area contributed by atoms with Crippen molar-refractivity contribution in [1.82, 2.24) is 4.98 Å². The van der Waals surface area contributed by atoms with E-state index in [2.05, 4.69) is 9.72 Å². The lowest BCUT2D eigenvalue weighted by molar-refractivity contribution is -0.276. The van der Waals surface area contributed by atoms with Crippen molar-refractivity contribution in [2.75, 3.05) is 0 Å². The Balaban J connectivity index is 3.36. The van der Waals surface area contributed by atoms with Gasteiger partial charge in [-0.2, -0.15) is 0 Å². The predicted octanol–water partition coefficient (Wildman–Crippen LogP) is 2.00. The summed E-state index contributed by atoms with van der Waals surface area (Å²) in [6, 6.07) is 0.699. The topological polar surface area (TPSA) is 85.4 Å². The minimum absolute atomic E-state index is 0.482. The maximum atomic E-state index is 12.8. The first kappa shape index (κ1) is 16.1. The van der Waals surface area contributed by atoms with Gasteiger partial charge in [0.1, 0.15) is 0 Å². The molecule has 0 aliphatic heterocycles. The van der Waals surface area contributed by atoms with Gasteiger partial charge in [-0.25, -0.2) is 13.8 Å². The Morgan fingerprint density at radius 1 is 1.45 bits per heavy atom. The molecule has 0 radical (unpaired) electrons. The molecule has 0 aliphatic rings. The van der Waals surface area contributed by atoms with E-state index in [4.69, 9.17) is 10.8 Å². The molecule has 10 heteroatoms. The van der Waals surface area contributed by atoms with Crippen LogP contribution in [-0.4, -0.2) is 22.4 Å². The fraction of sp³-hybridized carbons (Fsp3) is 0.400. The first-order valence-corrected chi connectivity index (χ1v) is 5.12. The highest BCUT2D eigenvalue weighted by atomic mass is 19.4. The van der Waals surface area contributed by atoms with Crippen molar-refractivity contribution in [1.29, 1.82) is 0 Å². The summed E-state index contributed by atoms with van der Waals surface area (Å²) in [4.78, 5) is 13.8. The number of ether oxygens (including phenoxy) is 1. The number of aliphatic carboxylic acids is 1. The Hall–Kier alpha value is -1.97. The lowest BCUT2D eigenvalue weighted by Crippen LogP contribution is -2.21. The van der Waals surface area contributed by atoms with Gasteiger partial charge in [0.15, 0.2) is 0 Å². The average Bonchev–Trinajstić information content (AvgIpc) is 2.25. The van der Waals surface area contributed by atoms with E-state index in [1.807, 2.05) is 0 Å². The fourth-order valence-corrected chi connectivity index (χ4v) is 1.46. The number of carbonyl (C=O) groups is 1. The van der Waals surface area contributed by atoms with Gasteiger partial charge in [-0.05, 0) is 6.07 Å². The molecule has 0 amide bonds. The third-order valence-electron chi connectivity index (χ3n) is 2.16. The average molecular weight is 300 g/mol. The molecule has 0 saturated heterocycles. The van der Waals surface area contributed by atoms with Gasteiger partial charge in [-0.1, -0.05) is 0 Å². The monoisotopic (exact) mass is 300 g/mol. The van der Waals surface area contributed by atoms with E-state index in [-0.39, 0.29) is 0 Å². The summed E-state index contributed by atoms with van der Waals surface area (Å²) in [5.74, 6) is -2.59. The van der Waals surface area contributed by atoms with Crippen molar-refractivity contribution in [2.24, 2.45) is 5.73 Å². The summed E-state index contributed by atoms with van der Waals surface area (Å²) in [5, 5.41) is 8.53. The normalized spacial score (nSPS) is 11.8. The quantitative estimate of drug-likeness (QED) is 0.812. The number of alkyl halides is 5. The smallest absolute Gasteiger partial charge is 0.481 e. The van der Waals surface area contributed by atoms with Gasteiger partial charge in [-0.3, -0.25) is 4.79 Å². The lowest BCUT2D eigenvalue weighted by Gasteiger charge is -2.15. The number of carboxylic acid groups (broad SMARTS) is 1. The van der Waals surface area contributed by atoms with E-state index in [1.165, 1.54) is 0 Å². The molecule has 0 spiro atoms. The molecule has 1 rings (SSSR count). The van der Waals surface area contributed by atoms with Crippen LogP contribution in [-0.2, 0) is 17.8 Å². The number of carboxylic acids is 1. The molecular weight excluding hydrogens is 291 g/mol. The van der Waals surface area contributed by atoms with Crippen molar-refractivity contribution in [2.45, 2.75) is 25.8 Å². The Morgan fingerprint density at radius 2 is 2.05 bits per heavy atom. The van der Waals surface area contributed by atoms with Crippen LogP contribution in [0.3, 0.4) is 0 Å². The van der Waals surface area contributed by atoms with Crippen molar-refractivity contribution >= 4 is 5.97 Å². The van der Waals surface area contributed by atoms with E-state index in [1.54, 1.807) is 0 Å². The summed E-state index contributed by atoms with van der Waals surface area (Å²) >= 11 is 0. The van der Waals surface area contributed by atoms with Gasteiger partial charge in [0.2, 0.25) is 5.88 Å². The van der Waals surface area contributed by atoms with Gasteiger partial charge < -0.3 is 15.6 Å². The summed E-state index contributed by atoms with van der Waals surface area (Å²) in [6.07, 6.45) is -9.11. The number of rotatable bonds is 5. The number of nitrogens with two attached hydrogens (primary N) is 1. The van der Waals surface area contributed by atoms with Crippen LogP contribution >= 0.6 is 0 Å². The molecule has 5 nitrogen and oxygen atoms in total. The van der Waals surface area contributed by atoms with Crippen molar-refractivity contribution in [3.8, 4) is 5.88 Å². The van der Waals surface area contributed by atoms with Gasteiger partial charge in [0, 0.05) is 17.7 Å². The molecule has 1 aromatic heterocycles. The largest absolute Gasteiger partial charge is 0.574 e. The number of halogens is 5. The van der Waals surface area contributed by atoms with Crippen LogP contribution in [0.4, 0.5) is 22.0 Å². The third kappa shape index (κ3) is 4.30. The zero-order valence-corrected chi connectivity index (χ0v) is 9.75.